The van der Waals surface area contributed by atoms with Gasteiger partial charge in [0.1, 0.15) is 0 Å². The van der Waals surface area contributed by atoms with Gasteiger partial charge in [0.05, 0.1) is 20.9 Å². The van der Waals surface area contributed by atoms with E-state index in [1.807, 2.05) is 7.05 Å². The van der Waals surface area contributed by atoms with Crippen molar-refractivity contribution in [2.45, 2.75) is 17.3 Å². The first-order chi connectivity index (χ1) is 10.4. The summed E-state index contributed by atoms with van der Waals surface area (Å²) in [5, 5.41) is 13.9. The molecule has 0 aliphatic rings. The Morgan fingerprint density at radius 3 is 2.86 bits per heavy atom. The summed E-state index contributed by atoms with van der Waals surface area (Å²) < 4.78 is 1.80. The van der Waals surface area contributed by atoms with E-state index >= 15 is 0 Å². The number of nitro benzene ring substituents is 1. The van der Waals surface area contributed by atoms with E-state index in [0.717, 1.165) is 0 Å². The molecule has 0 bridgehead atoms. The number of non-ortho nitro benzene ring substituents is 1. The molecule has 7 nitrogen and oxygen atoms in total. The SMILES string of the molecule is CC(Sc1nccn1C)C(=O)Nc1cc([N+](=O)[O-])ccc1Cl. The Morgan fingerprint density at radius 1 is 1.55 bits per heavy atom. The number of aryl methyl sites for hydroxylation is 1. The van der Waals surface area contributed by atoms with E-state index in [9.17, 15) is 14.9 Å². The molecule has 9 heteroatoms. The highest BCUT2D eigenvalue weighted by Crippen LogP contribution is 2.28. The third-order valence-electron chi connectivity index (χ3n) is 2.85. The maximum Gasteiger partial charge on any atom is 0.271 e. The smallest absolute Gasteiger partial charge is 0.271 e. The van der Waals surface area contributed by atoms with Crippen LogP contribution < -0.4 is 5.32 Å². The second-order valence-corrected chi connectivity index (χ2v) is 6.21. The Balaban J connectivity index is 2.09. The van der Waals surface area contributed by atoms with Gasteiger partial charge in [-0.05, 0) is 13.0 Å². The molecule has 0 spiro atoms. The summed E-state index contributed by atoms with van der Waals surface area (Å²) in [5.41, 5.74) is 0.0808. The molecule has 0 aliphatic carbocycles. The van der Waals surface area contributed by atoms with Crippen LogP contribution in [0.2, 0.25) is 5.02 Å². The minimum atomic E-state index is -0.544. The zero-order valence-corrected chi connectivity index (χ0v) is 13.4. The van der Waals surface area contributed by atoms with Gasteiger partial charge in [-0.25, -0.2) is 4.98 Å². The van der Waals surface area contributed by atoms with Gasteiger partial charge < -0.3 is 9.88 Å². The molecule has 0 radical (unpaired) electrons. The third-order valence-corrected chi connectivity index (χ3v) is 4.35. The molecule has 1 heterocycles. The van der Waals surface area contributed by atoms with Gasteiger partial charge in [-0.2, -0.15) is 0 Å². The van der Waals surface area contributed by atoms with Crippen LogP contribution >= 0.6 is 23.4 Å². The second kappa shape index (κ2) is 6.80. The van der Waals surface area contributed by atoms with E-state index in [1.54, 1.807) is 23.9 Å². The lowest BCUT2D eigenvalue weighted by Crippen LogP contribution is -2.23. The molecule has 0 aliphatic heterocycles. The molecule has 1 amide bonds. The van der Waals surface area contributed by atoms with E-state index < -0.39 is 10.2 Å². The Morgan fingerprint density at radius 2 is 2.27 bits per heavy atom. The predicted molar refractivity (Wildman–Crippen MR) is 85.3 cm³/mol. The number of amides is 1. The summed E-state index contributed by atoms with van der Waals surface area (Å²) in [6, 6.07) is 3.90. The molecule has 1 unspecified atom stereocenters. The van der Waals surface area contributed by atoms with Crippen LogP contribution in [0.25, 0.3) is 0 Å². The van der Waals surface area contributed by atoms with Crippen LogP contribution in [0.3, 0.4) is 0 Å². The highest BCUT2D eigenvalue weighted by atomic mass is 35.5. The third kappa shape index (κ3) is 3.77. The zero-order chi connectivity index (χ0) is 16.3. The summed E-state index contributed by atoms with van der Waals surface area (Å²) in [4.78, 5) is 26.5. The molecular formula is C13H13ClN4O3S. The van der Waals surface area contributed by atoms with Crippen LogP contribution in [0, 0.1) is 10.1 Å². The van der Waals surface area contributed by atoms with Gasteiger partial charge >= 0.3 is 0 Å². The summed E-state index contributed by atoms with van der Waals surface area (Å²) in [6.45, 7) is 1.72. The van der Waals surface area contributed by atoms with E-state index in [1.165, 1.54) is 30.0 Å². The number of benzene rings is 1. The standard InChI is InChI=1S/C13H13ClN4O3S/c1-8(22-13-15-5-6-17(13)2)12(19)16-11-7-9(18(20)21)3-4-10(11)14/h3-8H,1-2H3,(H,16,19). The van der Waals surface area contributed by atoms with Gasteiger partial charge in [0.25, 0.3) is 5.69 Å². The fraction of sp³-hybridized carbons (Fsp3) is 0.231. The van der Waals surface area contributed by atoms with Crippen molar-refractivity contribution in [3.8, 4) is 0 Å². The molecule has 22 heavy (non-hydrogen) atoms. The van der Waals surface area contributed by atoms with Gasteiger partial charge in [0.2, 0.25) is 5.91 Å². The Labute approximate surface area is 135 Å². The van der Waals surface area contributed by atoms with Gasteiger partial charge in [-0.15, -0.1) is 0 Å². The molecule has 0 fully saturated rings. The number of rotatable bonds is 5. The van der Waals surface area contributed by atoms with Crippen molar-refractivity contribution in [3.63, 3.8) is 0 Å². The number of nitrogens with zero attached hydrogens (tertiary/aromatic N) is 3. The number of nitro groups is 1. The number of thioether (sulfide) groups is 1. The maximum atomic E-state index is 12.2. The van der Waals surface area contributed by atoms with Gasteiger partial charge in [0.15, 0.2) is 5.16 Å². The van der Waals surface area contributed by atoms with Crippen LogP contribution in [-0.2, 0) is 11.8 Å². The number of hydrogen-bond acceptors (Lipinski definition) is 5. The van der Waals surface area contributed by atoms with Gasteiger partial charge in [-0.3, -0.25) is 14.9 Å². The van der Waals surface area contributed by atoms with E-state index in [-0.39, 0.29) is 22.3 Å². The number of hydrogen-bond donors (Lipinski definition) is 1. The van der Waals surface area contributed by atoms with Crippen molar-refractivity contribution in [2.75, 3.05) is 5.32 Å². The largest absolute Gasteiger partial charge is 0.329 e. The van der Waals surface area contributed by atoms with Crippen LogP contribution in [-0.4, -0.2) is 25.6 Å². The summed E-state index contributed by atoms with van der Waals surface area (Å²) in [5.74, 6) is -0.310. The van der Waals surface area contributed by atoms with Gasteiger partial charge in [0, 0.05) is 31.6 Å². The van der Waals surface area contributed by atoms with Crippen molar-refractivity contribution < 1.29 is 9.72 Å². The van der Waals surface area contributed by atoms with E-state index in [4.69, 9.17) is 11.6 Å². The van der Waals surface area contributed by atoms with Crippen LogP contribution in [0.5, 0.6) is 0 Å². The van der Waals surface area contributed by atoms with Crippen LogP contribution in [0.1, 0.15) is 6.92 Å². The van der Waals surface area contributed by atoms with E-state index in [2.05, 4.69) is 10.3 Å². The Kier molecular flexibility index (Phi) is 5.04. The molecule has 1 atom stereocenters. The lowest BCUT2D eigenvalue weighted by Gasteiger charge is -2.12. The number of anilines is 1. The lowest BCUT2D eigenvalue weighted by atomic mass is 10.2. The van der Waals surface area contributed by atoms with Crippen molar-refractivity contribution >= 4 is 40.6 Å². The molecule has 1 N–H and O–H groups in total. The average molecular weight is 341 g/mol. The monoisotopic (exact) mass is 340 g/mol. The number of nitrogens with one attached hydrogen (secondary N) is 1. The lowest BCUT2D eigenvalue weighted by molar-refractivity contribution is -0.384. The number of halogens is 1. The van der Waals surface area contributed by atoms with E-state index in [0.29, 0.717) is 5.16 Å². The van der Waals surface area contributed by atoms with Crippen molar-refractivity contribution in [3.05, 3.63) is 45.7 Å². The first-order valence-electron chi connectivity index (χ1n) is 6.27. The molecule has 2 aromatic rings. The maximum absolute atomic E-state index is 12.2. The number of carbonyl (C=O) groups is 1. The highest BCUT2D eigenvalue weighted by molar-refractivity contribution is 8.00. The van der Waals surface area contributed by atoms with Crippen LogP contribution in [0.4, 0.5) is 11.4 Å². The summed E-state index contributed by atoms with van der Waals surface area (Å²) in [6.07, 6.45) is 3.43. The molecule has 0 saturated heterocycles. The normalized spacial score (nSPS) is 12.0. The number of carbonyl (C=O) groups excluding carboxylic acids is 1. The molecule has 116 valence electrons. The zero-order valence-electron chi connectivity index (χ0n) is 11.8. The van der Waals surface area contributed by atoms with Crippen LogP contribution in [0.15, 0.2) is 35.7 Å². The quantitative estimate of drug-likeness (QED) is 0.513. The number of aromatic nitrogens is 2. The van der Waals surface area contributed by atoms with Gasteiger partial charge in [-0.1, -0.05) is 23.4 Å². The fourth-order valence-electron chi connectivity index (χ4n) is 1.63. The van der Waals surface area contributed by atoms with Crippen molar-refractivity contribution in [2.24, 2.45) is 7.05 Å². The number of imidazole rings is 1. The first-order valence-corrected chi connectivity index (χ1v) is 7.53. The second-order valence-electron chi connectivity index (χ2n) is 4.49. The topological polar surface area (TPSA) is 90.1 Å². The summed E-state index contributed by atoms with van der Waals surface area (Å²) >= 11 is 7.24. The molecule has 1 aromatic carbocycles. The predicted octanol–water partition coefficient (Wildman–Crippen LogP) is 3.10. The minimum Gasteiger partial charge on any atom is -0.329 e. The minimum absolute atomic E-state index is 0.135. The highest BCUT2D eigenvalue weighted by Gasteiger charge is 2.19. The molecule has 2 rings (SSSR count). The molecule has 0 saturated carbocycles. The fourth-order valence-corrected chi connectivity index (χ4v) is 2.63. The molecule has 1 aromatic heterocycles. The summed E-state index contributed by atoms with van der Waals surface area (Å²) in [7, 11) is 1.83. The molecular weight excluding hydrogens is 328 g/mol. The Bertz CT molecular complexity index is 719. The first kappa shape index (κ1) is 16.3. The Hall–Kier alpha value is -2.06. The average Bonchev–Trinajstić information content (AvgIpc) is 2.86. The van der Waals surface area contributed by atoms with Crippen molar-refractivity contribution in [1.29, 1.82) is 0 Å². The van der Waals surface area contributed by atoms with Crippen molar-refractivity contribution in [1.82, 2.24) is 9.55 Å².